The van der Waals surface area contributed by atoms with Gasteiger partial charge in [-0.05, 0) is 36.8 Å². The molecule has 0 aliphatic rings. The van der Waals surface area contributed by atoms with Crippen molar-refractivity contribution < 1.29 is 8.42 Å². The summed E-state index contributed by atoms with van der Waals surface area (Å²) in [6, 6.07) is 15.4. The lowest BCUT2D eigenvalue weighted by molar-refractivity contribution is 0.602. The summed E-state index contributed by atoms with van der Waals surface area (Å²) in [5.74, 6) is 5.48. The van der Waals surface area contributed by atoms with Crippen molar-refractivity contribution in [1.29, 1.82) is 0 Å². The minimum absolute atomic E-state index is 0.00829. The van der Waals surface area contributed by atoms with E-state index in [1.165, 1.54) is 0 Å². The zero-order chi connectivity index (χ0) is 16.7. The van der Waals surface area contributed by atoms with Crippen LogP contribution in [0.1, 0.15) is 16.7 Å². The normalized spacial score (nSPS) is 11.2. The number of hydrogen-bond donors (Lipinski definition) is 0. The summed E-state index contributed by atoms with van der Waals surface area (Å²) in [6.07, 6.45) is 3.46. The van der Waals surface area contributed by atoms with Gasteiger partial charge in [0.05, 0.1) is 5.75 Å². The summed E-state index contributed by atoms with van der Waals surface area (Å²) in [5, 5.41) is 0. The third-order valence-corrected chi connectivity index (χ3v) is 4.92. The third kappa shape index (κ3) is 6.43. The van der Waals surface area contributed by atoms with E-state index in [0.717, 1.165) is 21.2 Å². The Hall–Kier alpha value is -1.83. The highest BCUT2D eigenvalue weighted by molar-refractivity contribution is 9.10. The Morgan fingerprint density at radius 3 is 2.35 bits per heavy atom. The zero-order valence-electron chi connectivity index (χ0n) is 12.8. The molecular weight excluding hydrogens is 372 g/mol. The van der Waals surface area contributed by atoms with Gasteiger partial charge >= 0.3 is 0 Å². The van der Waals surface area contributed by atoms with Gasteiger partial charge < -0.3 is 0 Å². The summed E-state index contributed by atoms with van der Waals surface area (Å²) in [5.41, 5.74) is 2.95. The molecule has 0 spiro atoms. The van der Waals surface area contributed by atoms with Gasteiger partial charge in [-0.3, -0.25) is 0 Å². The lowest BCUT2D eigenvalue weighted by Crippen LogP contribution is -2.07. The predicted molar refractivity (Wildman–Crippen MR) is 99.9 cm³/mol. The molecule has 0 unspecified atom stereocenters. The molecule has 0 atom stereocenters. The number of rotatable bonds is 4. The first kappa shape index (κ1) is 17.5. The van der Waals surface area contributed by atoms with E-state index < -0.39 is 9.84 Å². The first-order chi connectivity index (χ1) is 10.9. The highest BCUT2D eigenvalue weighted by atomic mass is 79.9. The molecule has 0 bridgehead atoms. The van der Waals surface area contributed by atoms with Crippen molar-refractivity contribution >= 4 is 31.8 Å². The minimum Gasteiger partial charge on any atom is -0.228 e. The van der Waals surface area contributed by atoms with Crippen molar-refractivity contribution in [3.63, 3.8) is 0 Å². The van der Waals surface area contributed by atoms with Crippen molar-refractivity contribution in [1.82, 2.24) is 0 Å². The van der Waals surface area contributed by atoms with Crippen LogP contribution in [0.5, 0.6) is 0 Å². The Bertz CT molecular complexity index is 837. The van der Waals surface area contributed by atoms with Crippen LogP contribution < -0.4 is 0 Å². The second-order valence-corrected chi connectivity index (χ2v) is 8.20. The van der Waals surface area contributed by atoms with Crippen LogP contribution in [0.25, 0.3) is 6.08 Å². The summed E-state index contributed by atoms with van der Waals surface area (Å²) < 4.78 is 24.9. The minimum atomic E-state index is -3.21. The van der Waals surface area contributed by atoms with Gasteiger partial charge in [-0.1, -0.05) is 69.8 Å². The zero-order valence-corrected chi connectivity index (χ0v) is 15.2. The number of halogens is 1. The van der Waals surface area contributed by atoms with Crippen LogP contribution >= 0.6 is 15.9 Å². The maximum absolute atomic E-state index is 12.0. The highest BCUT2D eigenvalue weighted by Crippen LogP contribution is 2.11. The maximum Gasteiger partial charge on any atom is 0.165 e. The molecule has 0 N–H and O–H groups in total. The molecule has 2 rings (SSSR count). The summed E-state index contributed by atoms with van der Waals surface area (Å²) in [7, 11) is -3.21. The maximum atomic E-state index is 12.0. The van der Waals surface area contributed by atoms with E-state index in [1.54, 1.807) is 12.2 Å². The van der Waals surface area contributed by atoms with Gasteiger partial charge in [0.15, 0.2) is 9.84 Å². The average Bonchev–Trinajstić information content (AvgIpc) is 2.51. The molecule has 0 aliphatic heterocycles. The van der Waals surface area contributed by atoms with E-state index in [4.69, 9.17) is 0 Å². The molecule has 0 heterocycles. The van der Waals surface area contributed by atoms with Crippen molar-refractivity contribution in [2.45, 2.75) is 6.92 Å². The van der Waals surface area contributed by atoms with E-state index in [1.807, 2.05) is 55.5 Å². The highest BCUT2D eigenvalue weighted by Gasteiger charge is 2.05. The SMILES string of the molecule is Cc1ccc(C#CCS(=O)(=O)C/C=C/c2ccc(Br)cc2)cc1. The second kappa shape index (κ2) is 8.14. The summed E-state index contributed by atoms with van der Waals surface area (Å²) >= 11 is 3.36. The van der Waals surface area contributed by atoms with Crippen LogP contribution in [0.3, 0.4) is 0 Å². The smallest absolute Gasteiger partial charge is 0.165 e. The average molecular weight is 389 g/mol. The Morgan fingerprint density at radius 2 is 1.70 bits per heavy atom. The molecule has 2 aromatic rings. The molecule has 4 heteroatoms. The Labute approximate surface area is 146 Å². The van der Waals surface area contributed by atoms with Crippen molar-refractivity contribution in [2.75, 3.05) is 11.5 Å². The molecular formula is C19H17BrO2S. The van der Waals surface area contributed by atoms with Gasteiger partial charge in [-0.25, -0.2) is 8.42 Å². The fourth-order valence-electron chi connectivity index (χ4n) is 1.85. The van der Waals surface area contributed by atoms with Crippen LogP contribution in [-0.4, -0.2) is 19.9 Å². The molecule has 2 nitrogen and oxygen atoms in total. The van der Waals surface area contributed by atoms with E-state index in [9.17, 15) is 8.42 Å². The first-order valence-corrected chi connectivity index (χ1v) is 9.74. The van der Waals surface area contributed by atoms with Crippen molar-refractivity contribution in [2.24, 2.45) is 0 Å². The topological polar surface area (TPSA) is 34.1 Å². The number of aryl methyl sites for hydroxylation is 1. The second-order valence-electron chi connectivity index (χ2n) is 5.18. The largest absolute Gasteiger partial charge is 0.228 e. The van der Waals surface area contributed by atoms with Crippen LogP contribution in [0, 0.1) is 18.8 Å². The molecule has 118 valence electrons. The molecule has 2 aromatic carbocycles. The van der Waals surface area contributed by atoms with Gasteiger partial charge in [-0.15, -0.1) is 0 Å². The Morgan fingerprint density at radius 1 is 1.04 bits per heavy atom. The number of benzene rings is 2. The van der Waals surface area contributed by atoms with Gasteiger partial charge in [-0.2, -0.15) is 0 Å². The molecule has 0 amide bonds. The molecule has 0 aliphatic carbocycles. The van der Waals surface area contributed by atoms with Gasteiger partial charge in [0.2, 0.25) is 0 Å². The lowest BCUT2D eigenvalue weighted by Gasteiger charge is -1.96. The third-order valence-electron chi connectivity index (χ3n) is 3.11. The summed E-state index contributed by atoms with van der Waals surface area (Å²) in [4.78, 5) is 0. The molecule has 0 saturated heterocycles. The van der Waals surface area contributed by atoms with Gasteiger partial charge in [0.25, 0.3) is 0 Å². The van der Waals surface area contributed by atoms with Crippen LogP contribution in [-0.2, 0) is 9.84 Å². The first-order valence-electron chi connectivity index (χ1n) is 7.13. The lowest BCUT2D eigenvalue weighted by atomic mass is 10.2. The number of sulfone groups is 1. The van der Waals surface area contributed by atoms with E-state index in [2.05, 4.69) is 27.8 Å². The molecule has 0 saturated carbocycles. The van der Waals surface area contributed by atoms with E-state index >= 15 is 0 Å². The Balaban J connectivity index is 1.92. The Kier molecular flexibility index (Phi) is 6.20. The molecule has 0 radical (unpaired) electrons. The number of hydrogen-bond acceptors (Lipinski definition) is 2. The van der Waals surface area contributed by atoms with Crippen LogP contribution in [0.4, 0.5) is 0 Å². The molecule has 23 heavy (non-hydrogen) atoms. The monoisotopic (exact) mass is 388 g/mol. The van der Waals surface area contributed by atoms with Gasteiger partial charge in [0, 0.05) is 10.0 Å². The standard InChI is InChI=1S/C19H17BrO2S/c1-16-6-8-17(9-7-16)4-2-14-23(21,22)15-3-5-18-10-12-19(20)13-11-18/h3,5-13H,14-15H2,1H3/b5-3+. The summed E-state index contributed by atoms with van der Waals surface area (Å²) in [6.45, 7) is 2.00. The quantitative estimate of drug-likeness (QED) is 0.734. The molecule has 0 aromatic heterocycles. The fraction of sp³-hybridized carbons (Fsp3) is 0.158. The van der Waals surface area contributed by atoms with Gasteiger partial charge in [0.1, 0.15) is 5.75 Å². The van der Waals surface area contributed by atoms with E-state index in [-0.39, 0.29) is 11.5 Å². The van der Waals surface area contributed by atoms with Crippen molar-refractivity contribution in [3.05, 3.63) is 75.8 Å². The van der Waals surface area contributed by atoms with E-state index in [0.29, 0.717) is 0 Å². The predicted octanol–water partition coefficient (Wildman–Crippen LogP) is 4.24. The van der Waals surface area contributed by atoms with Crippen LogP contribution in [0.15, 0.2) is 59.1 Å². The van der Waals surface area contributed by atoms with Crippen LogP contribution in [0.2, 0.25) is 0 Å². The molecule has 0 fully saturated rings. The van der Waals surface area contributed by atoms with Crippen molar-refractivity contribution in [3.8, 4) is 11.8 Å². The fourth-order valence-corrected chi connectivity index (χ4v) is 2.91.